The highest BCUT2D eigenvalue weighted by molar-refractivity contribution is 8.18. The molecule has 2 heterocycles. The maximum Gasteiger partial charge on any atom is 0.294 e. The predicted molar refractivity (Wildman–Crippen MR) is 129 cm³/mol. The molecule has 0 radical (unpaired) electrons. The number of nitrogens with one attached hydrogen (secondary N) is 1. The number of aryl methyl sites for hydroxylation is 1. The Kier molecular flexibility index (Phi) is 6.19. The summed E-state index contributed by atoms with van der Waals surface area (Å²) in [6.45, 7) is 5.93. The second-order valence-electron chi connectivity index (χ2n) is 7.97. The molecule has 0 bridgehead atoms. The summed E-state index contributed by atoms with van der Waals surface area (Å²) in [5, 5.41) is 3.32. The van der Waals surface area contributed by atoms with Gasteiger partial charge < -0.3 is 9.88 Å². The molecular formula is C25H25N3O3S. The number of aromatic nitrogens is 1. The number of imide groups is 1. The Bertz CT molecular complexity index is 1220. The molecule has 7 heteroatoms. The maximum absolute atomic E-state index is 12.9. The quantitative estimate of drug-likeness (QED) is 0.510. The highest BCUT2D eigenvalue weighted by atomic mass is 32.2. The third kappa shape index (κ3) is 4.34. The minimum absolute atomic E-state index is 0.257. The van der Waals surface area contributed by atoms with E-state index in [1.54, 1.807) is 6.08 Å². The van der Waals surface area contributed by atoms with Crippen LogP contribution in [-0.2, 0) is 16.0 Å². The van der Waals surface area contributed by atoms with E-state index in [2.05, 4.69) is 30.7 Å². The maximum atomic E-state index is 12.9. The second-order valence-corrected chi connectivity index (χ2v) is 8.96. The molecule has 1 saturated heterocycles. The van der Waals surface area contributed by atoms with Crippen molar-refractivity contribution in [2.24, 2.45) is 0 Å². The molecule has 0 spiro atoms. The van der Waals surface area contributed by atoms with Gasteiger partial charge in [0.05, 0.1) is 4.91 Å². The van der Waals surface area contributed by atoms with Crippen molar-refractivity contribution in [3.63, 3.8) is 0 Å². The molecule has 1 aliphatic rings. The molecular weight excluding hydrogens is 422 g/mol. The third-order valence-electron chi connectivity index (χ3n) is 5.44. The van der Waals surface area contributed by atoms with Crippen molar-refractivity contribution in [3.05, 3.63) is 70.8 Å². The summed E-state index contributed by atoms with van der Waals surface area (Å²) in [6.07, 6.45) is 4.65. The lowest BCUT2D eigenvalue weighted by Gasteiger charge is -2.12. The Morgan fingerprint density at radius 1 is 1.09 bits per heavy atom. The van der Waals surface area contributed by atoms with E-state index in [1.165, 1.54) is 0 Å². The molecule has 164 valence electrons. The van der Waals surface area contributed by atoms with Crippen molar-refractivity contribution in [1.29, 1.82) is 0 Å². The third-order valence-corrected chi connectivity index (χ3v) is 6.34. The average molecular weight is 448 g/mol. The first-order chi connectivity index (χ1) is 15.4. The fourth-order valence-corrected chi connectivity index (χ4v) is 4.55. The Labute approximate surface area is 191 Å². The molecule has 1 aromatic heterocycles. The molecule has 3 amide bonds. The summed E-state index contributed by atoms with van der Waals surface area (Å²) >= 11 is 0.865. The summed E-state index contributed by atoms with van der Waals surface area (Å²) in [5.41, 5.74) is 3.75. The zero-order chi connectivity index (χ0) is 22.8. The van der Waals surface area contributed by atoms with Crippen LogP contribution in [0.4, 0.5) is 10.5 Å². The zero-order valence-electron chi connectivity index (χ0n) is 18.3. The van der Waals surface area contributed by atoms with Gasteiger partial charge in [-0.3, -0.25) is 19.3 Å². The molecule has 1 aliphatic heterocycles. The molecule has 32 heavy (non-hydrogen) atoms. The molecule has 2 aromatic carbocycles. The van der Waals surface area contributed by atoms with Crippen LogP contribution >= 0.6 is 11.8 Å². The van der Waals surface area contributed by atoms with Crippen molar-refractivity contribution in [3.8, 4) is 0 Å². The van der Waals surface area contributed by atoms with E-state index in [0.717, 1.165) is 45.1 Å². The molecule has 3 aromatic rings. The lowest BCUT2D eigenvalue weighted by molar-refractivity contribution is -0.127. The van der Waals surface area contributed by atoms with Gasteiger partial charge >= 0.3 is 0 Å². The topological polar surface area (TPSA) is 71.4 Å². The highest BCUT2D eigenvalue weighted by Gasteiger charge is 2.36. The van der Waals surface area contributed by atoms with Gasteiger partial charge in [-0.05, 0) is 61.9 Å². The summed E-state index contributed by atoms with van der Waals surface area (Å²) in [4.78, 5) is 39.1. The van der Waals surface area contributed by atoms with Crippen molar-refractivity contribution >= 4 is 51.5 Å². The lowest BCUT2D eigenvalue weighted by atomic mass is 10.1. The largest absolute Gasteiger partial charge is 0.344 e. The molecule has 4 rings (SSSR count). The van der Waals surface area contributed by atoms with E-state index < -0.39 is 17.1 Å². The van der Waals surface area contributed by atoms with Gasteiger partial charge in [0.2, 0.25) is 5.91 Å². The van der Waals surface area contributed by atoms with Crippen LogP contribution in [0, 0.1) is 0 Å². The summed E-state index contributed by atoms with van der Waals surface area (Å²) in [6, 6.07) is 15.7. The number of fused-ring (bicyclic) bond motifs is 1. The SMILES string of the molecule is CCc1ccc(NC(=O)CN2C(=O)S/C(=C/c3cn(C(C)C)c4ccccc34)C2=O)cc1. The number of hydrogen-bond donors (Lipinski definition) is 1. The van der Waals surface area contributed by atoms with Crippen LogP contribution in [0.25, 0.3) is 17.0 Å². The second kappa shape index (κ2) is 9.04. The lowest BCUT2D eigenvalue weighted by Crippen LogP contribution is -2.36. The fraction of sp³-hybridized carbons (Fsp3) is 0.240. The van der Waals surface area contributed by atoms with Crippen LogP contribution in [0.5, 0.6) is 0 Å². The molecule has 1 fully saturated rings. The minimum Gasteiger partial charge on any atom is -0.344 e. The zero-order valence-corrected chi connectivity index (χ0v) is 19.1. The van der Waals surface area contributed by atoms with Gasteiger partial charge in [-0.2, -0.15) is 0 Å². The van der Waals surface area contributed by atoms with Crippen LogP contribution in [0.1, 0.15) is 37.9 Å². The minimum atomic E-state index is -0.446. The summed E-state index contributed by atoms with van der Waals surface area (Å²) < 4.78 is 2.14. The van der Waals surface area contributed by atoms with Crippen LogP contribution < -0.4 is 5.32 Å². The van der Waals surface area contributed by atoms with Gasteiger partial charge in [0.15, 0.2) is 0 Å². The van der Waals surface area contributed by atoms with Crippen LogP contribution in [-0.4, -0.2) is 33.1 Å². The van der Waals surface area contributed by atoms with Gasteiger partial charge in [-0.25, -0.2) is 0 Å². The van der Waals surface area contributed by atoms with Crippen molar-refractivity contribution in [1.82, 2.24) is 9.47 Å². The monoisotopic (exact) mass is 447 g/mol. The standard InChI is InChI=1S/C25H25N3O3S/c1-4-17-9-11-19(12-10-17)26-23(29)15-28-24(30)22(32-25(28)31)13-18-14-27(16(2)3)21-8-6-5-7-20(18)21/h5-14,16H,4,15H2,1-3H3,(H,26,29)/b22-13+. The van der Waals surface area contributed by atoms with E-state index in [4.69, 9.17) is 0 Å². The average Bonchev–Trinajstić information content (AvgIpc) is 3.27. The normalized spacial score (nSPS) is 15.4. The predicted octanol–water partition coefficient (Wildman–Crippen LogP) is 5.46. The number of carbonyl (C=O) groups is 3. The van der Waals surface area contributed by atoms with E-state index >= 15 is 0 Å². The van der Waals surface area contributed by atoms with E-state index in [1.807, 2.05) is 54.7 Å². The van der Waals surface area contributed by atoms with Gasteiger partial charge in [-0.1, -0.05) is 37.3 Å². The molecule has 0 unspecified atom stereocenters. The molecule has 0 atom stereocenters. The van der Waals surface area contributed by atoms with Crippen LogP contribution in [0.15, 0.2) is 59.6 Å². The first-order valence-electron chi connectivity index (χ1n) is 10.6. The Morgan fingerprint density at radius 2 is 1.81 bits per heavy atom. The van der Waals surface area contributed by atoms with Crippen LogP contribution in [0.2, 0.25) is 0 Å². The number of thioether (sulfide) groups is 1. The number of benzene rings is 2. The Hall–Kier alpha value is -3.32. The van der Waals surface area contributed by atoms with Gasteiger partial charge in [0.25, 0.3) is 11.1 Å². The first-order valence-corrected chi connectivity index (χ1v) is 11.4. The number of rotatable bonds is 6. The number of carbonyl (C=O) groups excluding carboxylic acids is 3. The van der Waals surface area contributed by atoms with Crippen LogP contribution in [0.3, 0.4) is 0 Å². The van der Waals surface area contributed by atoms with E-state index in [0.29, 0.717) is 10.6 Å². The summed E-state index contributed by atoms with van der Waals surface area (Å²) in [5.74, 6) is -0.855. The van der Waals surface area contributed by atoms with E-state index in [-0.39, 0.29) is 12.6 Å². The smallest absolute Gasteiger partial charge is 0.294 e. The molecule has 0 saturated carbocycles. The van der Waals surface area contributed by atoms with Crippen molar-refractivity contribution in [2.45, 2.75) is 33.2 Å². The van der Waals surface area contributed by atoms with Crippen molar-refractivity contribution < 1.29 is 14.4 Å². The number of para-hydroxylation sites is 1. The molecule has 6 nitrogen and oxygen atoms in total. The van der Waals surface area contributed by atoms with Gasteiger partial charge in [-0.15, -0.1) is 0 Å². The van der Waals surface area contributed by atoms with Gasteiger partial charge in [0.1, 0.15) is 6.54 Å². The molecule has 1 N–H and O–H groups in total. The number of hydrogen-bond acceptors (Lipinski definition) is 4. The fourth-order valence-electron chi connectivity index (χ4n) is 3.72. The van der Waals surface area contributed by atoms with Crippen molar-refractivity contribution in [2.75, 3.05) is 11.9 Å². The number of amides is 3. The summed E-state index contributed by atoms with van der Waals surface area (Å²) in [7, 11) is 0. The number of anilines is 1. The Balaban J connectivity index is 1.52. The highest BCUT2D eigenvalue weighted by Crippen LogP contribution is 2.34. The van der Waals surface area contributed by atoms with E-state index in [9.17, 15) is 14.4 Å². The molecule has 0 aliphatic carbocycles. The first kappa shape index (κ1) is 21.9. The Morgan fingerprint density at radius 3 is 2.50 bits per heavy atom. The van der Waals surface area contributed by atoms with Gasteiger partial charge in [0, 0.05) is 34.4 Å². The number of nitrogens with zero attached hydrogens (tertiary/aromatic N) is 2.